The summed E-state index contributed by atoms with van der Waals surface area (Å²) in [6, 6.07) is 0. The van der Waals surface area contributed by atoms with Gasteiger partial charge in [0.1, 0.15) is 6.61 Å². The second-order valence-electron chi connectivity index (χ2n) is 5.94. The molecule has 5 nitrogen and oxygen atoms in total. The summed E-state index contributed by atoms with van der Waals surface area (Å²) in [5.41, 5.74) is -0.318. The van der Waals surface area contributed by atoms with E-state index in [-0.39, 0.29) is 24.0 Å². The normalized spacial score (nSPS) is 16.3. The van der Waals surface area contributed by atoms with Gasteiger partial charge in [0.25, 0.3) is 0 Å². The first-order chi connectivity index (χ1) is 8.88. The van der Waals surface area contributed by atoms with Gasteiger partial charge in [-0.15, -0.1) is 0 Å². The Morgan fingerprint density at radius 1 is 1.16 bits per heavy atom. The molecule has 0 bridgehead atoms. The molecule has 0 spiro atoms. The Balaban J connectivity index is 2.12. The van der Waals surface area contributed by atoms with E-state index in [4.69, 9.17) is 4.74 Å². The first-order valence-electron chi connectivity index (χ1n) is 7.07. The van der Waals surface area contributed by atoms with Crippen LogP contribution in [-0.4, -0.2) is 48.6 Å². The molecule has 0 atom stereocenters. The van der Waals surface area contributed by atoms with Gasteiger partial charge in [-0.3, -0.25) is 9.59 Å². The minimum atomic E-state index is -0.318. The number of carbonyl (C=O) groups is 2. The van der Waals surface area contributed by atoms with E-state index < -0.39 is 0 Å². The van der Waals surface area contributed by atoms with Crippen molar-refractivity contribution in [3.8, 4) is 0 Å². The molecule has 19 heavy (non-hydrogen) atoms. The Hall–Kier alpha value is -1.10. The molecular weight excluding hydrogens is 244 g/mol. The fourth-order valence-electron chi connectivity index (χ4n) is 1.94. The van der Waals surface area contributed by atoms with Gasteiger partial charge >= 0.3 is 0 Å². The standard InChI is InChI=1S/C14H26N2O3/c1-14(2,3)19-11-12(17)15-8-7-13(18)16-9-5-4-6-10-16/h4-11H2,1-3H3,(H,15,17). The first-order valence-corrected chi connectivity index (χ1v) is 7.07. The molecule has 1 aliphatic rings. The number of hydrogen-bond acceptors (Lipinski definition) is 3. The van der Waals surface area contributed by atoms with Gasteiger partial charge in [0, 0.05) is 26.1 Å². The number of hydrogen-bond donors (Lipinski definition) is 1. The number of nitrogens with one attached hydrogen (secondary N) is 1. The van der Waals surface area contributed by atoms with E-state index in [1.54, 1.807) is 0 Å². The molecule has 0 aromatic rings. The highest BCUT2D eigenvalue weighted by molar-refractivity contribution is 5.79. The van der Waals surface area contributed by atoms with E-state index in [2.05, 4.69) is 5.32 Å². The third-order valence-electron chi connectivity index (χ3n) is 3.01. The van der Waals surface area contributed by atoms with E-state index in [0.717, 1.165) is 25.9 Å². The smallest absolute Gasteiger partial charge is 0.246 e. The van der Waals surface area contributed by atoms with Crippen LogP contribution in [0.1, 0.15) is 46.5 Å². The van der Waals surface area contributed by atoms with Crippen molar-refractivity contribution in [3.05, 3.63) is 0 Å². The van der Waals surface area contributed by atoms with Gasteiger partial charge in [0.2, 0.25) is 11.8 Å². The fourth-order valence-corrected chi connectivity index (χ4v) is 1.94. The maximum Gasteiger partial charge on any atom is 0.246 e. The van der Waals surface area contributed by atoms with Crippen molar-refractivity contribution in [2.75, 3.05) is 26.2 Å². The van der Waals surface area contributed by atoms with Crippen molar-refractivity contribution >= 4 is 11.8 Å². The summed E-state index contributed by atoms with van der Waals surface area (Å²) in [4.78, 5) is 25.2. The van der Waals surface area contributed by atoms with Crippen LogP contribution in [-0.2, 0) is 14.3 Å². The minimum absolute atomic E-state index is 0.0431. The molecule has 1 aliphatic heterocycles. The zero-order valence-electron chi connectivity index (χ0n) is 12.3. The van der Waals surface area contributed by atoms with Crippen LogP contribution in [0.3, 0.4) is 0 Å². The Labute approximate surface area is 115 Å². The number of amides is 2. The average Bonchev–Trinajstić information content (AvgIpc) is 2.36. The summed E-state index contributed by atoms with van der Waals surface area (Å²) in [6.07, 6.45) is 3.78. The van der Waals surface area contributed by atoms with E-state index >= 15 is 0 Å². The van der Waals surface area contributed by atoms with E-state index in [1.807, 2.05) is 25.7 Å². The third-order valence-corrected chi connectivity index (χ3v) is 3.01. The maximum atomic E-state index is 11.8. The average molecular weight is 270 g/mol. The predicted octanol–water partition coefficient (Wildman–Crippen LogP) is 1.32. The van der Waals surface area contributed by atoms with Crippen LogP contribution >= 0.6 is 0 Å². The predicted molar refractivity (Wildman–Crippen MR) is 73.8 cm³/mol. The molecule has 0 saturated carbocycles. The van der Waals surface area contributed by atoms with Crippen molar-refractivity contribution in [3.63, 3.8) is 0 Å². The topological polar surface area (TPSA) is 58.6 Å². The molecule has 110 valence electrons. The third kappa shape index (κ3) is 7.15. The number of carbonyl (C=O) groups excluding carboxylic acids is 2. The molecule has 0 unspecified atom stereocenters. The summed E-state index contributed by atoms with van der Waals surface area (Å²) in [5.74, 6) is -0.0295. The molecular formula is C14H26N2O3. The molecule has 1 N–H and O–H groups in total. The lowest BCUT2D eigenvalue weighted by Crippen LogP contribution is -2.38. The van der Waals surface area contributed by atoms with Gasteiger partial charge in [-0.1, -0.05) is 0 Å². The summed E-state index contributed by atoms with van der Waals surface area (Å²) in [5, 5.41) is 2.71. The Morgan fingerprint density at radius 2 is 1.79 bits per heavy atom. The lowest BCUT2D eigenvalue weighted by Gasteiger charge is -2.26. The minimum Gasteiger partial charge on any atom is -0.366 e. The van der Waals surface area contributed by atoms with Crippen LogP contribution in [0.25, 0.3) is 0 Å². The monoisotopic (exact) mass is 270 g/mol. The van der Waals surface area contributed by atoms with Crippen molar-refractivity contribution in [1.29, 1.82) is 0 Å². The van der Waals surface area contributed by atoms with Crippen molar-refractivity contribution in [2.24, 2.45) is 0 Å². The van der Waals surface area contributed by atoms with Crippen molar-refractivity contribution < 1.29 is 14.3 Å². The number of nitrogens with zero attached hydrogens (tertiary/aromatic N) is 1. The van der Waals surface area contributed by atoms with Crippen molar-refractivity contribution in [1.82, 2.24) is 10.2 Å². The first kappa shape index (κ1) is 16.0. The highest BCUT2D eigenvalue weighted by Crippen LogP contribution is 2.09. The zero-order chi connectivity index (χ0) is 14.3. The van der Waals surface area contributed by atoms with Crippen LogP contribution in [0.2, 0.25) is 0 Å². The van der Waals surface area contributed by atoms with Gasteiger partial charge < -0.3 is 15.0 Å². The van der Waals surface area contributed by atoms with Gasteiger partial charge in [-0.05, 0) is 40.0 Å². The summed E-state index contributed by atoms with van der Waals surface area (Å²) < 4.78 is 5.36. The number of ether oxygens (including phenoxy) is 1. The largest absolute Gasteiger partial charge is 0.366 e. The Kier molecular flexibility index (Phi) is 6.28. The Bertz CT molecular complexity index is 304. The molecule has 0 aromatic carbocycles. The number of likely N-dealkylation sites (tertiary alicyclic amines) is 1. The molecule has 1 fully saturated rings. The molecule has 2 amide bonds. The van der Waals surface area contributed by atoms with E-state index in [9.17, 15) is 9.59 Å². The molecule has 0 aromatic heterocycles. The van der Waals surface area contributed by atoms with Gasteiger partial charge in [-0.2, -0.15) is 0 Å². The quantitative estimate of drug-likeness (QED) is 0.819. The SMILES string of the molecule is CC(C)(C)OCC(=O)NCCC(=O)N1CCCCC1. The van der Waals surface area contributed by atoms with Gasteiger partial charge in [-0.25, -0.2) is 0 Å². The lowest BCUT2D eigenvalue weighted by atomic mass is 10.1. The Morgan fingerprint density at radius 3 is 2.37 bits per heavy atom. The van der Waals surface area contributed by atoms with Crippen LogP contribution < -0.4 is 5.32 Å². The van der Waals surface area contributed by atoms with Crippen LogP contribution in [0.4, 0.5) is 0 Å². The number of piperidine rings is 1. The maximum absolute atomic E-state index is 11.8. The molecule has 0 aliphatic carbocycles. The second kappa shape index (κ2) is 7.48. The van der Waals surface area contributed by atoms with E-state index in [1.165, 1.54) is 6.42 Å². The molecule has 1 heterocycles. The molecule has 1 saturated heterocycles. The zero-order valence-corrected chi connectivity index (χ0v) is 12.3. The fraction of sp³-hybridized carbons (Fsp3) is 0.857. The van der Waals surface area contributed by atoms with Crippen LogP contribution in [0, 0.1) is 0 Å². The summed E-state index contributed by atoms with van der Waals surface area (Å²) >= 11 is 0. The van der Waals surface area contributed by atoms with E-state index in [0.29, 0.717) is 13.0 Å². The van der Waals surface area contributed by atoms with Crippen molar-refractivity contribution in [2.45, 2.75) is 52.1 Å². The molecule has 1 rings (SSSR count). The second-order valence-corrected chi connectivity index (χ2v) is 5.94. The van der Waals surface area contributed by atoms with Gasteiger partial charge in [0.05, 0.1) is 5.60 Å². The van der Waals surface area contributed by atoms with Crippen LogP contribution in [0.5, 0.6) is 0 Å². The van der Waals surface area contributed by atoms with Gasteiger partial charge in [0.15, 0.2) is 0 Å². The highest BCUT2D eigenvalue weighted by atomic mass is 16.5. The molecule has 5 heteroatoms. The summed E-state index contributed by atoms with van der Waals surface area (Å²) in [7, 11) is 0. The highest BCUT2D eigenvalue weighted by Gasteiger charge is 2.16. The molecule has 0 radical (unpaired) electrons. The summed E-state index contributed by atoms with van der Waals surface area (Å²) in [6.45, 7) is 7.86. The lowest BCUT2D eigenvalue weighted by molar-refractivity contribution is -0.133. The van der Waals surface area contributed by atoms with Crippen LogP contribution in [0.15, 0.2) is 0 Å². The number of rotatable bonds is 5.